The highest BCUT2D eigenvalue weighted by Gasteiger charge is 2.29. The number of rotatable bonds is 1. The van der Waals surface area contributed by atoms with Gasteiger partial charge in [-0.25, -0.2) is 13.8 Å². The van der Waals surface area contributed by atoms with Gasteiger partial charge in [-0.2, -0.15) is 0 Å². The summed E-state index contributed by atoms with van der Waals surface area (Å²) < 4.78 is 26.8. The van der Waals surface area contributed by atoms with Crippen LogP contribution in [0.2, 0.25) is 0 Å². The van der Waals surface area contributed by atoms with Gasteiger partial charge in [0.25, 0.3) is 0 Å². The van der Waals surface area contributed by atoms with Crippen molar-refractivity contribution >= 4 is 11.0 Å². The maximum Gasteiger partial charge on any atom is 0.153 e. The summed E-state index contributed by atoms with van der Waals surface area (Å²) in [6.07, 6.45) is 0.889. The second kappa shape index (κ2) is 3.63. The zero-order chi connectivity index (χ0) is 13.0. The van der Waals surface area contributed by atoms with Crippen LogP contribution in [0.1, 0.15) is 22.9 Å². The molecule has 0 fully saturated rings. The first-order chi connectivity index (χ1) is 9.22. The second-order valence-electron chi connectivity index (χ2n) is 4.86. The van der Waals surface area contributed by atoms with E-state index in [1.54, 1.807) is 0 Å². The largest absolute Gasteiger partial charge is 0.341 e. The van der Waals surface area contributed by atoms with Gasteiger partial charge in [0.2, 0.25) is 0 Å². The van der Waals surface area contributed by atoms with Crippen molar-refractivity contribution in [1.82, 2.24) is 9.97 Å². The van der Waals surface area contributed by atoms with E-state index in [9.17, 15) is 8.78 Å². The van der Waals surface area contributed by atoms with E-state index in [4.69, 9.17) is 0 Å². The van der Waals surface area contributed by atoms with Crippen LogP contribution in [0.4, 0.5) is 8.78 Å². The van der Waals surface area contributed by atoms with Crippen molar-refractivity contribution < 1.29 is 8.78 Å². The number of benzene rings is 2. The molecular formula is C15H10F2N2. The van der Waals surface area contributed by atoms with Gasteiger partial charge in [-0.05, 0) is 23.6 Å². The first-order valence-corrected chi connectivity index (χ1v) is 6.15. The summed E-state index contributed by atoms with van der Waals surface area (Å²) in [7, 11) is 0. The Bertz CT molecular complexity index is 792. The number of halogens is 2. The van der Waals surface area contributed by atoms with E-state index in [1.807, 2.05) is 18.2 Å². The molecule has 4 rings (SSSR count). The Morgan fingerprint density at radius 1 is 1.16 bits per heavy atom. The lowest BCUT2D eigenvalue weighted by Crippen LogP contribution is -2.19. The Morgan fingerprint density at radius 2 is 2.00 bits per heavy atom. The Morgan fingerprint density at radius 3 is 2.84 bits per heavy atom. The standard InChI is InChI=1S/C15H10F2N2/c16-9-6-12(17)14-13(7-9)18-15(19-14)11-5-8-3-1-2-4-10(8)11/h1-4,6-7,11H,5H2,(H,18,19). The maximum absolute atomic E-state index is 13.6. The quantitative estimate of drug-likeness (QED) is 0.709. The van der Waals surface area contributed by atoms with Crippen molar-refractivity contribution in [1.29, 1.82) is 0 Å². The summed E-state index contributed by atoms with van der Waals surface area (Å²) in [6, 6.07) is 10.3. The molecule has 2 aromatic carbocycles. The fourth-order valence-electron chi connectivity index (χ4n) is 2.73. The molecule has 0 spiro atoms. The molecule has 1 aliphatic rings. The van der Waals surface area contributed by atoms with Crippen LogP contribution >= 0.6 is 0 Å². The minimum atomic E-state index is -0.620. The number of fused-ring (bicyclic) bond motifs is 2. The summed E-state index contributed by atoms with van der Waals surface area (Å²) in [5, 5.41) is 0. The van der Waals surface area contributed by atoms with Crippen LogP contribution in [-0.2, 0) is 6.42 Å². The molecule has 1 aliphatic carbocycles. The molecule has 1 atom stereocenters. The molecule has 0 saturated carbocycles. The number of nitrogens with one attached hydrogen (secondary N) is 1. The van der Waals surface area contributed by atoms with E-state index >= 15 is 0 Å². The lowest BCUT2D eigenvalue weighted by molar-refractivity contribution is 0.590. The third kappa shape index (κ3) is 1.49. The van der Waals surface area contributed by atoms with Crippen LogP contribution in [0.15, 0.2) is 36.4 Å². The molecule has 4 heteroatoms. The number of nitrogens with zero attached hydrogens (tertiary/aromatic N) is 1. The predicted octanol–water partition coefficient (Wildman–Crippen LogP) is 3.53. The number of aromatic nitrogens is 2. The molecule has 0 bridgehead atoms. The van der Waals surface area contributed by atoms with E-state index in [-0.39, 0.29) is 11.4 Å². The predicted molar refractivity (Wildman–Crippen MR) is 68.0 cm³/mol. The van der Waals surface area contributed by atoms with Gasteiger partial charge in [0, 0.05) is 12.0 Å². The summed E-state index contributed by atoms with van der Waals surface area (Å²) in [6.45, 7) is 0. The van der Waals surface area contributed by atoms with Gasteiger partial charge < -0.3 is 4.98 Å². The highest BCUT2D eigenvalue weighted by Crippen LogP contribution is 2.39. The Kier molecular flexibility index (Phi) is 2.04. The third-order valence-electron chi connectivity index (χ3n) is 3.71. The summed E-state index contributed by atoms with van der Waals surface area (Å²) >= 11 is 0. The SMILES string of the molecule is Fc1cc(F)c2nc(C3Cc4ccccc43)[nH]c2c1. The second-order valence-corrected chi connectivity index (χ2v) is 4.86. The molecule has 1 unspecified atom stereocenters. The van der Waals surface area contributed by atoms with Crippen LogP contribution in [0.3, 0.4) is 0 Å². The summed E-state index contributed by atoms with van der Waals surface area (Å²) in [5.74, 6) is -0.344. The molecule has 0 amide bonds. The van der Waals surface area contributed by atoms with Crippen LogP contribution in [0.25, 0.3) is 11.0 Å². The normalized spacial score (nSPS) is 17.3. The van der Waals surface area contributed by atoms with Gasteiger partial charge in [-0.15, -0.1) is 0 Å². The average molecular weight is 256 g/mol. The lowest BCUT2D eigenvalue weighted by Gasteiger charge is -2.28. The number of hydrogen-bond donors (Lipinski definition) is 1. The Hall–Kier alpha value is -2.23. The van der Waals surface area contributed by atoms with E-state index in [2.05, 4.69) is 16.0 Å². The van der Waals surface area contributed by atoms with Gasteiger partial charge in [-0.1, -0.05) is 24.3 Å². The number of imidazole rings is 1. The minimum Gasteiger partial charge on any atom is -0.341 e. The average Bonchev–Trinajstić information content (AvgIpc) is 2.74. The number of hydrogen-bond acceptors (Lipinski definition) is 1. The van der Waals surface area contributed by atoms with Crippen LogP contribution in [-0.4, -0.2) is 9.97 Å². The lowest BCUT2D eigenvalue weighted by atomic mass is 9.77. The Balaban J connectivity index is 1.84. The zero-order valence-electron chi connectivity index (χ0n) is 9.95. The summed E-state index contributed by atoms with van der Waals surface area (Å²) in [4.78, 5) is 7.31. The highest BCUT2D eigenvalue weighted by molar-refractivity contribution is 5.76. The van der Waals surface area contributed by atoms with Gasteiger partial charge in [0.1, 0.15) is 17.2 Å². The maximum atomic E-state index is 13.6. The fraction of sp³-hybridized carbons (Fsp3) is 0.133. The molecule has 19 heavy (non-hydrogen) atoms. The fourth-order valence-corrected chi connectivity index (χ4v) is 2.73. The zero-order valence-corrected chi connectivity index (χ0v) is 9.95. The van der Waals surface area contributed by atoms with Crippen molar-refractivity contribution in [2.24, 2.45) is 0 Å². The smallest absolute Gasteiger partial charge is 0.153 e. The van der Waals surface area contributed by atoms with Crippen LogP contribution < -0.4 is 0 Å². The summed E-state index contributed by atoms with van der Waals surface area (Å²) in [5.41, 5.74) is 3.12. The van der Waals surface area contributed by atoms with Crippen molar-refractivity contribution in [2.75, 3.05) is 0 Å². The van der Waals surface area contributed by atoms with Crippen LogP contribution in [0, 0.1) is 11.6 Å². The van der Waals surface area contributed by atoms with Crippen molar-refractivity contribution in [3.8, 4) is 0 Å². The molecule has 1 N–H and O–H groups in total. The first-order valence-electron chi connectivity index (χ1n) is 6.15. The van der Waals surface area contributed by atoms with Crippen molar-refractivity contribution in [3.05, 3.63) is 65.0 Å². The molecule has 2 nitrogen and oxygen atoms in total. The molecule has 1 aromatic heterocycles. The molecule has 0 aliphatic heterocycles. The first kappa shape index (κ1) is 10.7. The van der Waals surface area contributed by atoms with Crippen LogP contribution in [0.5, 0.6) is 0 Å². The third-order valence-corrected chi connectivity index (χ3v) is 3.71. The van der Waals surface area contributed by atoms with E-state index in [1.165, 1.54) is 17.2 Å². The Labute approximate surface area is 108 Å². The minimum absolute atomic E-state index is 0.158. The molecular weight excluding hydrogens is 246 g/mol. The molecule has 0 radical (unpaired) electrons. The molecule has 3 aromatic rings. The van der Waals surface area contributed by atoms with Gasteiger partial charge in [-0.3, -0.25) is 0 Å². The van der Waals surface area contributed by atoms with Gasteiger partial charge in [0.15, 0.2) is 5.82 Å². The van der Waals surface area contributed by atoms with E-state index in [0.717, 1.165) is 12.5 Å². The van der Waals surface area contributed by atoms with Gasteiger partial charge >= 0.3 is 0 Å². The molecule has 1 heterocycles. The number of aromatic amines is 1. The van der Waals surface area contributed by atoms with Crippen molar-refractivity contribution in [3.63, 3.8) is 0 Å². The van der Waals surface area contributed by atoms with E-state index < -0.39 is 11.6 Å². The molecule has 0 saturated heterocycles. The van der Waals surface area contributed by atoms with E-state index in [0.29, 0.717) is 11.3 Å². The monoisotopic (exact) mass is 256 g/mol. The number of H-pyrrole nitrogens is 1. The molecule has 94 valence electrons. The topological polar surface area (TPSA) is 28.7 Å². The van der Waals surface area contributed by atoms with Gasteiger partial charge in [0.05, 0.1) is 5.52 Å². The van der Waals surface area contributed by atoms with Crippen molar-refractivity contribution in [2.45, 2.75) is 12.3 Å². The highest BCUT2D eigenvalue weighted by atomic mass is 19.1.